The quantitative estimate of drug-likeness (QED) is 0.145. The van der Waals surface area contributed by atoms with E-state index < -0.39 is 35.1 Å². The van der Waals surface area contributed by atoms with Gasteiger partial charge < -0.3 is 39.6 Å². The second kappa shape index (κ2) is 20.7. The van der Waals surface area contributed by atoms with E-state index in [0.717, 1.165) is 43.7 Å². The summed E-state index contributed by atoms with van der Waals surface area (Å²) >= 11 is 0. The smallest absolute Gasteiger partial charge is 0.335 e. The van der Waals surface area contributed by atoms with Crippen molar-refractivity contribution in [1.82, 2.24) is 15.5 Å². The molecule has 0 aromatic heterocycles. The average molecular weight is 798 g/mol. The third kappa shape index (κ3) is 11.9. The van der Waals surface area contributed by atoms with Crippen LogP contribution < -0.4 is 29.6 Å². The molecule has 2 saturated heterocycles. The van der Waals surface area contributed by atoms with Gasteiger partial charge in [-0.15, -0.1) is 0 Å². The molecular weight excluding hydrogens is 754 g/mol. The summed E-state index contributed by atoms with van der Waals surface area (Å²) in [6.45, 7) is 5.85. The normalized spacial score (nSPS) is 13.6. The Balaban J connectivity index is 0.000000220. The highest BCUT2D eigenvalue weighted by Crippen LogP contribution is 2.36. The predicted molar refractivity (Wildman–Crippen MR) is 201 cm³/mol. The van der Waals surface area contributed by atoms with Crippen LogP contribution in [0.3, 0.4) is 0 Å². The molecule has 0 aliphatic carbocycles. The lowest BCUT2D eigenvalue weighted by Crippen LogP contribution is -2.49. The van der Waals surface area contributed by atoms with Crippen LogP contribution in [0.25, 0.3) is 0 Å². The van der Waals surface area contributed by atoms with Gasteiger partial charge in [0.2, 0.25) is 5.91 Å². The predicted octanol–water partition coefficient (Wildman–Crippen LogP) is 6.87. The summed E-state index contributed by atoms with van der Waals surface area (Å²) < 4.78 is 77.4. The number of carboxylic acids is 1. The summed E-state index contributed by atoms with van der Waals surface area (Å²) in [5.41, 5.74) is 0.797. The number of methoxy groups -OCH3 is 2. The highest BCUT2D eigenvalue weighted by molar-refractivity contribution is 5.97. The molecule has 12 nitrogen and oxygen atoms in total. The van der Waals surface area contributed by atoms with Crippen LogP contribution in [0.1, 0.15) is 58.5 Å². The van der Waals surface area contributed by atoms with Gasteiger partial charge in [-0.1, -0.05) is 13.8 Å². The van der Waals surface area contributed by atoms with E-state index in [1.807, 2.05) is 0 Å². The molecule has 57 heavy (non-hydrogen) atoms. The largest absolute Gasteiger partial charge is 0.493 e. The Kier molecular flexibility index (Phi) is 15.8. The topological polar surface area (TPSA) is 153 Å². The fraction of sp³-hybridized carbons (Fsp3) is 0.317. The first-order valence-electron chi connectivity index (χ1n) is 18.0. The Morgan fingerprint density at radius 1 is 0.702 bits per heavy atom. The van der Waals surface area contributed by atoms with Crippen LogP contribution in [0, 0.1) is 23.3 Å². The van der Waals surface area contributed by atoms with Crippen molar-refractivity contribution in [2.45, 2.75) is 39.5 Å². The van der Waals surface area contributed by atoms with E-state index in [2.05, 4.69) is 10.6 Å². The fourth-order valence-corrected chi connectivity index (χ4v) is 5.57. The number of carbonyl (C=O) groups excluding carboxylic acids is 3. The zero-order valence-corrected chi connectivity index (χ0v) is 31.8. The van der Waals surface area contributed by atoms with Gasteiger partial charge in [-0.2, -0.15) is 0 Å². The lowest BCUT2D eigenvalue weighted by Gasteiger charge is -2.26. The molecule has 0 spiro atoms. The van der Waals surface area contributed by atoms with Crippen LogP contribution >= 0.6 is 0 Å². The van der Waals surface area contributed by atoms with Crippen LogP contribution in [-0.4, -0.2) is 80.5 Å². The number of nitrogens with zero attached hydrogens (tertiary/aromatic N) is 1. The van der Waals surface area contributed by atoms with Crippen molar-refractivity contribution >= 4 is 23.6 Å². The first kappa shape index (κ1) is 43.6. The lowest BCUT2D eigenvalue weighted by molar-refractivity contribution is -0.123. The number of carboxylic acid groups (broad SMARTS) is 1. The highest BCUT2D eigenvalue weighted by atomic mass is 19.1. The summed E-state index contributed by atoms with van der Waals surface area (Å²) in [5, 5.41) is 14.4. The molecular formula is C41H43F4N3O9. The number of aromatic carboxylic acids is 1. The van der Waals surface area contributed by atoms with Crippen molar-refractivity contribution in [2.24, 2.45) is 0 Å². The van der Waals surface area contributed by atoms with Crippen molar-refractivity contribution in [3.05, 3.63) is 106 Å². The number of hydrogen-bond acceptors (Lipinski definition) is 9. The Morgan fingerprint density at radius 2 is 1.23 bits per heavy atom. The van der Waals surface area contributed by atoms with Crippen LogP contribution in [-0.2, 0) is 22.4 Å². The number of piperidine rings is 1. The molecule has 6 rings (SSSR count). The number of Topliss-reactive ketones (excluding diaryl/α,β-unsaturated/α-hetero) is 1. The minimum Gasteiger partial charge on any atom is -0.493 e. The zero-order chi connectivity index (χ0) is 41.6. The minimum atomic E-state index is -1.25. The Labute approximate surface area is 326 Å². The SMILES string of the molecule is CCc1cc(OC)c(Oc2ccc(C(=O)N3CCNC(=O)C3)cc2F)cc1F.CCc1cc(OC)c(Oc2ccc(C(=O)O)cc2F)cc1F.O=C1CCCNC1. The fourth-order valence-electron chi connectivity index (χ4n) is 5.57. The molecule has 3 N–H and O–H groups in total. The summed E-state index contributed by atoms with van der Waals surface area (Å²) in [4.78, 5) is 46.4. The zero-order valence-electron chi connectivity index (χ0n) is 31.8. The summed E-state index contributed by atoms with van der Waals surface area (Å²) in [5.74, 6) is -4.01. The number of benzene rings is 4. The number of ether oxygens (including phenoxy) is 4. The number of carbonyl (C=O) groups is 4. The average Bonchev–Trinajstić information content (AvgIpc) is 3.20. The number of nitrogens with one attached hydrogen (secondary N) is 2. The summed E-state index contributed by atoms with van der Waals surface area (Å²) in [6.07, 6.45) is 2.76. The molecule has 4 aromatic carbocycles. The van der Waals surface area contributed by atoms with Gasteiger partial charge >= 0.3 is 5.97 Å². The van der Waals surface area contributed by atoms with E-state index in [1.165, 1.54) is 55.5 Å². The molecule has 0 atom stereocenters. The molecule has 4 aromatic rings. The Morgan fingerprint density at radius 3 is 1.63 bits per heavy atom. The summed E-state index contributed by atoms with van der Waals surface area (Å²) in [7, 11) is 2.80. The van der Waals surface area contributed by atoms with Gasteiger partial charge in [-0.25, -0.2) is 22.4 Å². The standard InChI is InChI=1S/C20H20F2N2O4.C16H14F2O4.C5H9NO/c1-3-12-9-17(27-2)18(10-14(12)21)28-16-5-4-13(8-15(16)22)20(26)24-7-6-23-19(25)11-24;1-3-9-7-14(21-2)15(8-11(9)17)22-13-5-4-10(16(19)20)6-12(13)18;7-5-2-1-3-6-4-5/h4-5,8-10H,3,6-7,11H2,1-2H3,(H,23,25);4-8H,3H2,1-2H3,(H,19,20);6H,1-4H2. The monoisotopic (exact) mass is 797 g/mol. The number of ketones is 1. The maximum Gasteiger partial charge on any atom is 0.335 e. The van der Waals surface area contributed by atoms with Crippen LogP contribution in [0.2, 0.25) is 0 Å². The molecule has 2 amide bonds. The van der Waals surface area contributed by atoms with Gasteiger partial charge in [0.05, 0.1) is 32.9 Å². The highest BCUT2D eigenvalue weighted by Gasteiger charge is 2.24. The molecule has 2 fully saturated rings. The van der Waals surface area contributed by atoms with Crippen LogP contribution in [0.15, 0.2) is 60.7 Å². The number of hydrogen-bond donors (Lipinski definition) is 3. The van der Waals surface area contributed by atoms with E-state index in [9.17, 15) is 36.7 Å². The third-order valence-electron chi connectivity index (χ3n) is 8.68. The van der Waals surface area contributed by atoms with E-state index >= 15 is 0 Å². The van der Waals surface area contributed by atoms with Gasteiger partial charge in [0.15, 0.2) is 46.1 Å². The van der Waals surface area contributed by atoms with E-state index in [4.69, 9.17) is 24.1 Å². The maximum absolute atomic E-state index is 14.5. The molecule has 0 saturated carbocycles. The van der Waals surface area contributed by atoms with Gasteiger partial charge in [0.1, 0.15) is 17.4 Å². The number of halogens is 4. The Bertz CT molecular complexity index is 2090. The lowest BCUT2D eigenvalue weighted by atomic mass is 10.1. The van der Waals surface area contributed by atoms with Gasteiger partial charge in [0, 0.05) is 37.2 Å². The minimum absolute atomic E-state index is 0.0131. The molecule has 2 aliphatic heterocycles. The first-order chi connectivity index (χ1) is 27.3. The molecule has 0 bridgehead atoms. The van der Waals surface area contributed by atoms with Crippen molar-refractivity contribution in [3.8, 4) is 34.5 Å². The summed E-state index contributed by atoms with van der Waals surface area (Å²) in [6, 6.07) is 12.2. The van der Waals surface area contributed by atoms with Gasteiger partial charge in [-0.3, -0.25) is 14.4 Å². The number of rotatable bonds is 10. The number of amides is 2. The first-order valence-corrected chi connectivity index (χ1v) is 18.0. The molecule has 0 radical (unpaired) electrons. The van der Waals surface area contributed by atoms with Crippen molar-refractivity contribution in [2.75, 3.05) is 46.9 Å². The second-order valence-corrected chi connectivity index (χ2v) is 12.6. The second-order valence-electron chi connectivity index (χ2n) is 12.6. The van der Waals surface area contributed by atoms with Crippen molar-refractivity contribution < 1.29 is 60.8 Å². The third-order valence-corrected chi connectivity index (χ3v) is 8.68. The van der Waals surface area contributed by atoms with Crippen LogP contribution in [0.5, 0.6) is 34.5 Å². The van der Waals surface area contributed by atoms with Crippen molar-refractivity contribution in [1.29, 1.82) is 0 Å². The van der Waals surface area contributed by atoms with Gasteiger partial charge in [-0.05, 0) is 85.5 Å². The maximum atomic E-state index is 14.5. The molecule has 304 valence electrons. The Hall–Kier alpha value is -6.16. The van der Waals surface area contributed by atoms with E-state index in [0.29, 0.717) is 49.4 Å². The number of aryl methyl sites for hydroxylation is 2. The molecule has 2 heterocycles. The molecule has 2 aliphatic rings. The van der Waals surface area contributed by atoms with E-state index in [1.54, 1.807) is 13.8 Å². The number of piperazine rings is 1. The van der Waals surface area contributed by atoms with Crippen LogP contribution in [0.4, 0.5) is 17.6 Å². The van der Waals surface area contributed by atoms with E-state index in [-0.39, 0.29) is 58.1 Å². The van der Waals surface area contributed by atoms with Crippen molar-refractivity contribution in [3.63, 3.8) is 0 Å². The molecule has 0 unspecified atom stereocenters. The van der Waals surface area contributed by atoms with Gasteiger partial charge in [0.25, 0.3) is 5.91 Å². The molecule has 16 heteroatoms.